The highest BCUT2D eigenvalue weighted by molar-refractivity contribution is 5.80. The van der Waals surface area contributed by atoms with Gasteiger partial charge in [0.2, 0.25) is 0 Å². The van der Waals surface area contributed by atoms with Crippen molar-refractivity contribution in [3.63, 3.8) is 0 Å². The molecule has 0 bridgehead atoms. The van der Waals surface area contributed by atoms with Crippen LogP contribution < -0.4 is 5.32 Å². The Balaban J connectivity index is 2.74. The molecule has 0 aliphatic heterocycles. The van der Waals surface area contributed by atoms with Crippen molar-refractivity contribution in [3.05, 3.63) is 35.6 Å². The van der Waals surface area contributed by atoms with E-state index in [0.717, 1.165) is 0 Å². The average Bonchev–Trinajstić information content (AvgIpc) is 2.31. The number of Topliss-reactive ketones (excluding diaryl/α,β-unsaturated/α-hetero) is 1. The van der Waals surface area contributed by atoms with Gasteiger partial charge in [0.05, 0.1) is 0 Å². The summed E-state index contributed by atoms with van der Waals surface area (Å²) in [6, 6.07) is 7.03. The molecule has 3 heteroatoms. The molecule has 106 valence electrons. The van der Waals surface area contributed by atoms with Crippen molar-refractivity contribution in [1.29, 1.82) is 0 Å². The summed E-state index contributed by atoms with van der Waals surface area (Å²) >= 11 is 0. The van der Waals surface area contributed by atoms with Crippen LogP contribution in [0.25, 0.3) is 0 Å². The highest BCUT2D eigenvalue weighted by Gasteiger charge is 2.18. The number of carbonyl (C=O) groups excluding carboxylic acids is 1. The molecule has 0 aliphatic rings. The maximum atomic E-state index is 13.7. The van der Waals surface area contributed by atoms with E-state index < -0.39 is 0 Å². The number of carbonyl (C=O) groups is 1. The topological polar surface area (TPSA) is 29.1 Å². The molecule has 0 saturated heterocycles. The highest BCUT2D eigenvalue weighted by atomic mass is 19.1. The van der Waals surface area contributed by atoms with Gasteiger partial charge in [0.15, 0.2) is 0 Å². The van der Waals surface area contributed by atoms with Crippen LogP contribution in [0.4, 0.5) is 4.39 Å². The molecule has 1 unspecified atom stereocenters. The Morgan fingerprint density at radius 2 is 1.84 bits per heavy atom. The third-order valence-corrected chi connectivity index (χ3v) is 3.08. The quantitative estimate of drug-likeness (QED) is 0.819. The van der Waals surface area contributed by atoms with Crippen LogP contribution in [0.1, 0.15) is 39.7 Å². The molecular formula is C16H24FNO. The van der Waals surface area contributed by atoms with Crippen molar-refractivity contribution in [3.8, 4) is 0 Å². The van der Waals surface area contributed by atoms with Crippen LogP contribution in [-0.2, 0) is 11.2 Å². The SMILES string of the molecule is CC(C)NC(CC(=O)C(C)C)Cc1ccccc1F. The van der Waals surface area contributed by atoms with Gasteiger partial charge in [0.1, 0.15) is 11.6 Å². The minimum Gasteiger partial charge on any atom is -0.311 e. The smallest absolute Gasteiger partial charge is 0.136 e. The maximum absolute atomic E-state index is 13.7. The summed E-state index contributed by atoms with van der Waals surface area (Å²) in [5.74, 6) is 0.0432. The van der Waals surface area contributed by atoms with Gasteiger partial charge in [0.25, 0.3) is 0 Å². The Bertz CT molecular complexity index is 415. The molecule has 0 saturated carbocycles. The monoisotopic (exact) mass is 265 g/mol. The third-order valence-electron chi connectivity index (χ3n) is 3.08. The Morgan fingerprint density at radius 1 is 1.21 bits per heavy atom. The van der Waals surface area contributed by atoms with Crippen molar-refractivity contribution in [1.82, 2.24) is 5.32 Å². The first-order valence-corrected chi connectivity index (χ1v) is 6.92. The number of halogens is 1. The van der Waals surface area contributed by atoms with Gasteiger partial charge in [-0.1, -0.05) is 45.9 Å². The van der Waals surface area contributed by atoms with Crippen LogP contribution in [0, 0.1) is 11.7 Å². The molecule has 0 radical (unpaired) electrons. The number of hydrogen-bond donors (Lipinski definition) is 1. The van der Waals surface area contributed by atoms with Gasteiger partial charge in [-0.15, -0.1) is 0 Å². The molecule has 0 amide bonds. The molecule has 0 heterocycles. The fourth-order valence-corrected chi connectivity index (χ4v) is 2.07. The van der Waals surface area contributed by atoms with E-state index >= 15 is 0 Å². The van der Waals surface area contributed by atoms with Crippen molar-refractivity contribution in [2.24, 2.45) is 5.92 Å². The van der Waals surface area contributed by atoms with E-state index in [-0.39, 0.29) is 29.6 Å². The van der Waals surface area contributed by atoms with Crippen LogP contribution in [0.5, 0.6) is 0 Å². The molecule has 0 aromatic heterocycles. The predicted octanol–water partition coefficient (Wildman–Crippen LogP) is 3.35. The fraction of sp³-hybridized carbons (Fsp3) is 0.562. The van der Waals surface area contributed by atoms with Gasteiger partial charge in [-0.05, 0) is 18.1 Å². The van der Waals surface area contributed by atoms with Crippen LogP contribution in [0.2, 0.25) is 0 Å². The summed E-state index contributed by atoms with van der Waals surface area (Å²) in [6.07, 6.45) is 0.994. The summed E-state index contributed by atoms with van der Waals surface area (Å²) < 4.78 is 13.7. The van der Waals surface area contributed by atoms with E-state index in [1.54, 1.807) is 12.1 Å². The lowest BCUT2D eigenvalue weighted by Gasteiger charge is -2.22. The molecule has 19 heavy (non-hydrogen) atoms. The Kier molecular flexibility index (Phi) is 6.16. The zero-order valence-corrected chi connectivity index (χ0v) is 12.2. The zero-order chi connectivity index (χ0) is 14.4. The van der Waals surface area contributed by atoms with Gasteiger partial charge in [-0.3, -0.25) is 4.79 Å². The molecule has 0 spiro atoms. The lowest BCUT2D eigenvalue weighted by molar-refractivity contribution is -0.122. The molecule has 1 aromatic rings. The minimum absolute atomic E-state index is 0.00759. The van der Waals surface area contributed by atoms with Gasteiger partial charge >= 0.3 is 0 Å². The van der Waals surface area contributed by atoms with Crippen LogP contribution in [-0.4, -0.2) is 17.9 Å². The van der Waals surface area contributed by atoms with Crippen molar-refractivity contribution in [2.75, 3.05) is 0 Å². The average molecular weight is 265 g/mol. The molecule has 1 N–H and O–H groups in total. The molecule has 1 aromatic carbocycles. The summed E-state index contributed by atoms with van der Waals surface area (Å²) in [5, 5.41) is 3.35. The fourth-order valence-electron chi connectivity index (χ4n) is 2.07. The van der Waals surface area contributed by atoms with Crippen LogP contribution in [0.3, 0.4) is 0 Å². The van der Waals surface area contributed by atoms with Crippen LogP contribution in [0.15, 0.2) is 24.3 Å². The summed E-state index contributed by atoms with van der Waals surface area (Å²) in [4.78, 5) is 11.9. The largest absolute Gasteiger partial charge is 0.311 e. The first-order chi connectivity index (χ1) is 8.90. The Morgan fingerprint density at radius 3 is 2.37 bits per heavy atom. The second-order valence-corrected chi connectivity index (χ2v) is 5.64. The summed E-state index contributed by atoms with van der Waals surface area (Å²) in [7, 11) is 0. The Labute approximate surface area is 115 Å². The molecule has 1 atom stereocenters. The second-order valence-electron chi connectivity index (χ2n) is 5.64. The molecule has 0 fully saturated rings. The normalized spacial score (nSPS) is 13.0. The molecule has 2 nitrogen and oxygen atoms in total. The number of ketones is 1. The maximum Gasteiger partial charge on any atom is 0.136 e. The van der Waals surface area contributed by atoms with Crippen molar-refractivity contribution >= 4 is 5.78 Å². The molecular weight excluding hydrogens is 241 g/mol. The van der Waals surface area contributed by atoms with Gasteiger partial charge in [0, 0.05) is 24.4 Å². The highest BCUT2D eigenvalue weighted by Crippen LogP contribution is 2.13. The second kappa shape index (κ2) is 7.39. The molecule has 0 aliphatic carbocycles. The number of hydrogen-bond acceptors (Lipinski definition) is 2. The Hall–Kier alpha value is -1.22. The molecule has 1 rings (SSSR count). The lowest BCUT2D eigenvalue weighted by Crippen LogP contribution is -2.38. The van der Waals surface area contributed by atoms with E-state index in [2.05, 4.69) is 5.32 Å². The van der Waals surface area contributed by atoms with E-state index in [4.69, 9.17) is 0 Å². The predicted molar refractivity (Wildman–Crippen MR) is 76.6 cm³/mol. The van der Waals surface area contributed by atoms with Crippen molar-refractivity contribution in [2.45, 2.75) is 52.6 Å². The van der Waals surface area contributed by atoms with Gasteiger partial charge in [-0.25, -0.2) is 4.39 Å². The van der Waals surface area contributed by atoms with E-state index in [0.29, 0.717) is 18.4 Å². The lowest BCUT2D eigenvalue weighted by atomic mass is 9.96. The van der Waals surface area contributed by atoms with E-state index in [1.165, 1.54) is 6.07 Å². The number of benzene rings is 1. The number of nitrogens with one attached hydrogen (secondary N) is 1. The van der Waals surface area contributed by atoms with Crippen LogP contribution >= 0.6 is 0 Å². The van der Waals surface area contributed by atoms with Crippen molar-refractivity contribution < 1.29 is 9.18 Å². The van der Waals surface area contributed by atoms with Gasteiger partial charge < -0.3 is 5.32 Å². The van der Waals surface area contributed by atoms with Gasteiger partial charge in [-0.2, -0.15) is 0 Å². The summed E-state index contributed by atoms with van der Waals surface area (Å²) in [6.45, 7) is 7.87. The zero-order valence-electron chi connectivity index (χ0n) is 12.2. The number of rotatable bonds is 7. The minimum atomic E-state index is -0.199. The first-order valence-electron chi connectivity index (χ1n) is 6.92. The van der Waals surface area contributed by atoms with E-state index in [9.17, 15) is 9.18 Å². The summed E-state index contributed by atoms with van der Waals surface area (Å²) in [5.41, 5.74) is 0.664. The standard InChI is InChI=1S/C16H24FNO/c1-11(2)16(19)10-14(18-12(3)4)9-13-7-5-6-8-15(13)17/h5-8,11-12,14,18H,9-10H2,1-4H3. The first kappa shape index (κ1) is 15.8. The third kappa shape index (κ3) is 5.52. The van der Waals surface area contributed by atoms with E-state index in [1.807, 2.05) is 33.8 Å².